The van der Waals surface area contributed by atoms with Crippen LogP contribution in [0.5, 0.6) is 0 Å². The largest absolute Gasteiger partial charge is 0.512 e. The highest BCUT2D eigenvalue weighted by Crippen LogP contribution is 2.27. The molecular weight excluding hydrogens is 380 g/mol. The average Bonchev–Trinajstić information content (AvgIpc) is 2.57. The lowest BCUT2D eigenvalue weighted by Gasteiger charge is -2.11. The number of aromatic nitrogens is 2. The first-order valence-corrected chi connectivity index (χ1v) is 8.28. The first-order valence-electron chi connectivity index (χ1n) is 5.31. The Kier molecular flexibility index (Phi) is 6.25. The fraction of sp³-hybridized carbons (Fsp3) is 0.625. The number of rotatable bonds is 2. The van der Waals surface area contributed by atoms with E-state index in [1.807, 2.05) is 13.8 Å². The molecule has 0 fully saturated rings. The Morgan fingerprint density at radius 1 is 0.870 bits per heavy atom. The number of sulfonamides is 2. The number of H-pyrrole nitrogens is 1. The quantitative estimate of drug-likeness (QED) is 0.745. The molecule has 0 unspecified atom stereocenters. The molecule has 15 heteroatoms. The van der Waals surface area contributed by atoms with Crippen LogP contribution in [0.15, 0.2) is 0 Å². The first-order chi connectivity index (χ1) is 9.92. The summed E-state index contributed by atoms with van der Waals surface area (Å²) < 4.78 is 108. The van der Waals surface area contributed by atoms with Gasteiger partial charge in [-0.3, -0.25) is 5.10 Å². The van der Waals surface area contributed by atoms with Gasteiger partial charge in [0.1, 0.15) is 0 Å². The normalized spacial score (nSPS) is 13.4. The molecule has 0 saturated carbocycles. The predicted molar refractivity (Wildman–Crippen MR) is 65.9 cm³/mol. The summed E-state index contributed by atoms with van der Waals surface area (Å²) in [5, 5.41) is 6.88. The van der Waals surface area contributed by atoms with Crippen molar-refractivity contribution in [3.05, 3.63) is 17.0 Å². The molecule has 1 rings (SSSR count). The topological polar surface area (TPSA) is 109 Å². The predicted octanol–water partition coefficient (Wildman–Crippen LogP) is 1.61. The Labute approximate surface area is 127 Å². The molecule has 0 aliphatic heterocycles. The molecule has 0 spiro atoms. The van der Waals surface area contributed by atoms with Crippen molar-refractivity contribution >= 4 is 20.0 Å². The van der Waals surface area contributed by atoms with Crippen molar-refractivity contribution in [1.29, 1.82) is 0 Å². The molecule has 0 aromatic carbocycles. The van der Waals surface area contributed by atoms with Crippen molar-refractivity contribution in [2.24, 2.45) is 0 Å². The van der Waals surface area contributed by atoms with E-state index in [1.165, 1.54) is 11.3 Å². The standard InChI is InChI=1S/C6H10N2.C2HF6NO4S2/c1-4-5(2)7-8-6(4)3;3-1(4,5)14(10,11)9-15(12,13)2(6,7)8/h1-3H3,(H,7,8);9H. The molecular formula is C8H11F6N3O4S2. The number of hydrogen-bond acceptors (Lipinski definition) is 5. The maximum Gasteiger partial charge on any atom is 0.512 e. The zero-order valence-electron chi connectivity index (χ0n) is 11.7. The molecule has 1 heterocycles. The summed E-state index contributed by atoms with van der Waals surface area (Å²) in [6.45, 7) is 6.09. The Morgan fingerprint density at radius 2 is 1.22 bits per heavy atom. The second-order valence-electron chi connectivity index (χ2n) is 4.04. The van der Waals surface area contributed by atoms with Crippen LogP contribution in [-0.4, -0.2) is 38.0 Å². The molecule has 0 radical (unpaired) electrons. The summed E-state index contributed by atoms with van der Waals surface area (Å²) in [6, 6.07) is 0. The number of alkyl halides is 6. The minimum absolute atomic E-state index is 0.493. The van der Waals surface area contributed by atoms with E-state index in [0.29, 0.717) is 0 Å². The van der Waals surface area contributed by atoms with Gasteiger partial charge in [-0.15, -0.1) is 0 Å². The Hall–Kier alpha value is -1.35. The highest BCUT2D eigenvalue weighted by Gasteiger charge is 2.55. The van der Waals surface area contributed by atoms with Crippen molar-refractivity contribution in [3.8, 4) is 0 Å². The third-order valence-electron chi connectivity index (χ3n) is 2.33. The molecule has 0 amide bonds. The fourth-order valence-electron chi connectivity index (χ4n) is 0.846. The molecule has 0 bridgehead atoms. The molecule has 7 nitrogen and oxygen atoms in total. The van der Waals surface area contributed by atoms with Gasteiger partial charge in [-0.1, -0.05) is 4.13 Å². The van der Waals surface area contributed by atoms with Gasteiger partial charge < -0.3 is 0 Å². The summed E-state index contributed by atoms with van der Waals surface area (Å²) in [5.41, 5.74) is -8.76. The van der Waals surface area contributed by atoms with Gasteiger partial charge in [0.2, 0.25) is 0 Å². The third kappa shape index (κ3) is 5.65. The summed E-state index contributed by atoms with van der Waals surface area (Å²) in [5.74, 6) is 0. The second-order valence-corrected chi connectivity index (χ2v) is 7.65. The fourth-order valence-corrected chi connectivity index (χ4v) is 2.76. The molecule has 0 saturated heterocycles. The zero-order chi connectivity index (χ0) is 18.9. The van der Waals surface area contributed by atoms with Crippen LogP contribution in [0.25, 0.3) is 0 Å². The van der Waals surface area contributed by atoms with Gasteiger partial charge in [-0.25, -0.2) is 16.8 Å². The van der Waals surface area contributed by atoms with E-state index in [0.717, 1.165) is 5.69 Å². The van der Waals surface area contributed by atoms with Crippen molar-refractivity contribution in [2.45, 2.75) is 31.8 Å². The summed E-state index contributed by atoms with van der Waals surface area (Å²) >= 11 is 0. The number of hydrogen-bond donors (Lipinski definition) is 2. The summed E-state index contributed by atoms with van der Waals surface area (Å²) in [6.07, 6.45) is 0. The van der Waals surface area contributed by atoms with Crippen LogP contribution in [0.4, 0.5) is 26.3 Å². The SMILES string of the molecule is Cc1n[nH]c(C)c1C.O=S(=O)(NS(=O)(=O)C(F)(F)F)C(F)(F)F. The van der Waals surface area contributed by atoms with Crippen molar-refractivity contribution in [3.63, 3.8) is 0 Å². The van der Waals surface area contributed by atoms with Gasteiger partial charge in [0, 0.05) is 5.69 Å². The minimum Gasteiger partial charge on any atom is -0.282 e. The van der Waals surface area contributed by atoms with Crippen molar-refractivity contribution in [1.82, 2.24) is 14.3 Å². The molecule has 0 atom stereocenters. The van der Waals surface area contributed by atoms with E-state index in [2.05, 4.69) is 17.1 Å². The van der Waals surface area contributed by atoms with E-state index in [1.54, 1.807) is 0 Å². The maximum atomic E-state index is 11.5. The molecule has 23 heavy (non-hydrogen) atoms. The Morgan fingerprint density at radius 3 is 1.35 bits per heavy atom. The lowest BCUT2D eigenvalue weighted by Crippen LogP contribution is -2.45. The van der Waals surface area contributed by atoms with Crippen LogP contribution in [0.3, 0.4) is 0 Å². The van der Waals surface area contributed by atoms with Crippen LogP contribution in [0.1, 0.15) is 17.0 Å². The van der Waals surface area contributed by atoms with Gasteiger partial charge in [0.25, 0.3) is 0 Å². The van der Waals surface area contributed by atoms with Gasteiger partial charge in [-0.2, -0.15) is 31.4 Å². The lowest BCUT2D eigenvalue weighted by molar-refractivity contribution is -0.0476. The molecule has 1 aromatic heterocycles. The first kappa shape index (κ1) is 21.6. The molecule has 136 valence electrons. The second kappa shape index (κ2) is 6.64. The minimum atomic E-state index is -6.60. The maximum absolute atomic E-state index is 11.5. The van der Waals surface area contributed by atoms with Crippen molar-refractivity contribution in [2.75, 3.05) is 0 Å². The van der Waals surface area contributed by atoms with E-state index in [4.69, 9.17) is 0 Å². The number of halogens is 6. The highest BCUT2D eigenvalue weighted by atomic mass is 32.3. The van der Waals surface area contributed by atoms with Gasteiger partial charge in [0.05, 0.1) is 5.69 Å². The van der Waals surface area contributed by atoms with Crippen LogP contribution >= 0.6 is 0 Å². The highest BCUT2D eigenvalue weighted by molar-refractivity contribution is 8.05. The van der Waals surface area contributed by atoms with Crippen LogP contribution in [-0.2, 0) is 20.0 Å². The molecule has 0 aliphatic carbocycles. The Balaban J connectivity index is 0.000000502. The smallest absolute Gasteiger partial charge is 0.282 e. The number of aromatic amines is 1. The van der Waals surface area contributed by atoms with Crippen LogP contribution < -0.4 is 4.13 Å². The van der Waals surface area contributed by atoms with Crippen molar-refractivity contribution < 1.29 is 43.2 Å². The average molecular weight is 391 g/mol. The van der Waals surface area contributed by atoms with E-state index < -0.39 is 35.2 Å². The van der Waals surface area contributed by atoms with Crippen LogP contribution in [0, 0.1) is 20.8 Å². The number of nitrogens with one attached hydrogen (secondary N) is 2. The van der Waals surface area contributed by atoms with Gasteiger partial charge in [0.15, 0.2) is 0 Å². The monoisotopic (exact) mass is 391 g/mol. The van der Waals surface area contributed by atoms with E-state index in [-0.39, 0.29) is 0 Å². The zero-order valence-corrected chi connectivity index (χ0v) is 13.3. The third-order valence-corrected chi connectivity index (χ3v) is 5.30. The van der Waals surface area contributed by atoms with Crippen LogP contribution in [0.2, 0.25) is 0 Å². The van der Waals surface area contributed by atoms with E-state index >= 15 is 0 Å². The molecule has 0 aliphatic rings. The molecule has 2 N–H and O–H groups in total. The number of nitrogens with zero attached hydrogens (tertiary/aromatic N) is 1. The van der Waals surface area contributed by atoms with Gasteiger partial charge >= 0.3 is 31.1 Å². The summed E-state index contributed by atoms with van der Waals surface area (Å²) in [4.78, 5) is 0. The van der Waals surface area contributed by atoms with E-state index in [9.17, 15) is 43.2 Å². The van der Waals surface area contributed by atoms with Gasteiger partial charge in [-0.05, 0) is 26.3 Å². The lowest BCUT2D eigenvalue weighted by atomic mass is 10.2. The Bertz CT molecular complexity index is 686. The molecule has 1 aromatic rings. The summed E-state index contributed by atoms with van der Waals surface area (Å²) in [7, 11) is -13.2. The number of aryl methyl sites for hydroxylation is 2.